The number of aromatic nitrogens is 2. The van der Waals surface area contributed by atoms with Gasteiger partial charge in [0.05, 0.1) is 0 Å². The van der Waals surface area contributed by atoms with E-state index in [1.54, 1.807) is 12.1 Å². The van der Waals surface area contributed by atoms with Gasteiger partial charge in [0, 0.05) is 4.47 Å². The number of hydrogen-bond acceptors (Lipinski definition) is 6. The van der Waals surface area contributed by atoms with Crippen molar-refractivity contribution in [2.45, 2.75) is 86.5 Å². The Morgan fingerprint density at radius 2 is 1.17 bits per heavy atom. The van der Waals surface area contributed by atoms with E-state index >= 15 is 0 Å². The molecule has 200 valence electrons. The number of rotatable bonds is 12. The first-order valence-electron chi connectivity index (χ1n) is 12.8. The van der Waals surface area contributed by atoms with Crippen molar-refractivity contribution in [3.05, 3.63) is 28.7 Å². The second kappa shape index (κ2) is 16.8. The summed E-state index contributed by atoms with van der Waals surface area (Å²) in [5.74, 6) is 1.72. The zero-order valence-corrected chi connectivity index (χ0v) is 26.9. The Hall–Kier alpha value is -1.88. The molecule has 0 aliphatic rings. The van der Waals surface area contributed by atoms with Crippen LogP contribution in [0.25, 0.3) is 0 Å². The number of anilines is 4. The second-order valence-electron chi connectivity index (χ2n) is 9.21. The monoisotopic (exact) mass is 670 g/mol. The topological polar surface area (TPSA) is 136 Å². The molecular formula is C26H43BrN6O2Sn. The average molecular weight is 670 g/mol. The average Bonchev–Trinajstić information content (AvgIpc) is 2.77. The second-order valence-corrected chi connectivity index (χ2v) is 23.4. The maximum Gasteiger partial charge on any atom is 0.126 e. The van der Waals surface area contributed by atoms with Crippen LogP contribution in [0.1, 0.15) is 73.1 Å². The van der Waals surface area contributed by atoms with Crippen molar-refractivity contribution < 1.29 is 9.59 Å². The summed E-state index contributed by atoms with van der Waals surface area (Å²) < 4.78 is 6.23. The summed E-state index contributed by atoms with van der Waals surface area (Å²) in [6.07, 6.45) is 7.40. The molecule has 2 amide bonds. The number of carbonyl (C=O) groups is 2. The van der Waals surface area contributed by atoms with Crippen molar-refractivity contribution in [1.82, 2.24) is 9.97 Å². The van der Waals surface area contributed by atoms with Crippen LogP contribution in [-0.2, 0) is 9.59 Å². The van der Waals surface area contributed by atoms with Gasteiger partial charge >= 0.3 is 169 Å². The predicted octanol–water partition coefficient (Wildman–Crippen LogP) is 6.06. The third kappa shape index (κ3) is 11.9. The van der Waals surface area contributed by atoms with Gasteiger partial charge < -0.3 is 11.5 Å². The number of halogens is 1. The number of pyridine rings is 2. The number of nitrogens with two attached hydrogens (primary N) is 2. The molecule has 0 saturated carbocycles. The van der Waals surface area contributed by atoms with E-state index in [2.05, 4.69) is 69.4 Å². The fraction of sp³-hybridized carbons (Fsp3) is 0.538. The molecular weight excluding hydrogens is 627 g/mol. The molecule has 0 aliphatic carbocycles. The number of nitrogens with zero attached hydrogens (tertiary/aromatic N) is 2. The van der Waals surface area contributed by atoms with E-state index in [0.29, 0.717) is 23.3 Å². The molecule has 10 heteroatoms. The molecule has 0 radical (unpaired) electrons. The molecule has 2 aromatic rings. The SMILES string of the molecule is CCC[CH2][Sn]([CH2]CCC)([CH2]CCC)[c]1cc(NC(C)=O)nc(NC(C)=O)c1.Nc1cc(Br)cc(N)n1. The van der Waals surface area contributed by atoms with E-state index < -0.39 is 18.4 Å². The van der Waals surface area contributed by atoms with Gasteiger partial charge in [0.25, 0.3) is 0 Å². The van der Waals surface area contributed by atoms with Gasteiger partial charge in [-0.1, -0.05) is 15.9 Å². The first-order valence-corrected chi connectivity index (χ1v) is 21.1. The smallest absolute Gasteiger partial charge is 0.126 e. The summed E-state index contributed by atoms with van der Waals surface area (Å²) in [7, 11) is 0. The third-order valence-corrected chi connectivity index (χ3v) is 21.9. The maximum atomic E-state index is 11.6. The molecule has 2 rings (SSSR count). The number of hydrogen-bond donors (Lipinski definition) is 4. The molecule has 2 aromatic heterocycles. The molecule has 0 bridgehead atoms. The Kier molecular flexibility index (Phi) is 15.0. The summed E-state index contributed by atoms with van der Waals surface area (Å²) in [5, 5.41) is 5.66. The largest absolute Gasteiger partial charge is 0.384 e. The van der Waals surface area contributed by atoms with Gasteiger partial charge in [-0.2, -0.15) is 0 Å². The van der Waals surface area contributed by atoms with Crippen LogP contribution in [0.4, 0.5) is 23.3 Å². The van der Waals surface area contributed by atoms with Crippen LogP contribution in [-0.4, -0.2) is 40.2 Å². The van der Waals surface area contributed by atoms with Crippen LogP contribution in [0.5, 0.6) is 0 Å². The molecule has 0 unspecified atom stereocenters. The quantitative estimate of drug-likeness (QED) is 0.203. The van der Waals surface area contributed by atoms with E-state index in [-0.39, 0.29) is 11.8 Å². The normalized spacial score (nSPS) is 10.8. The number of carbonyl (C=O) groups excluding carboxylic acids is 2. The molecule has 0 aliphatic heterocycles. The zero-order valence-electron chi connectivity index (χ0n) is 22.4. The van der Waals surface area contributed by atoms with Crippen LogP contribution in [0.3, 0.4) is 0 Å². The Labute approximate surface area is 228 Å². The van der Waals surface area contributed by atoms with Gasteiger partial charge in [0.2, 0.25) is 0 Å². The molecule has 0 saturated heterocycles. The summed E-state index contributed by atoms with van der Waals surface area (Å²) in [5.41, 5.74) is 10.7. The van der Waals surface area contributed by atoms with E-state index in [1.807, 2.05) is 0 Å². The van der Waals surface area contributed by atoms with Gasteiger partial charge in [0.1, 0.15) is 11.6 Å². The van der Waals surface area contributed by atoms with Crippen molar-refractivity contribution in [2.24, 2.45) is 0 Å². The molecule has 0 spiro atoms. The van der Waals surface area contributed by atoms with Crippen LogP contribution in [0.2, 0.25) is 13.3 Å². The third-order valence-electron chi connectivity index (χ3n) is 5.90. The fourth-order valence-corrected chi connectivity index (χ4v) is 20.6. The minimum atomic E-state index is -2.67. The van der Waals surface area contributed by atoms with Crippen molar-refractivity contribution in [2.75, 3.05) is 22.1 Å². The Bertz CT molecular complexity index is 882. The minimum Gasteiger partial charge on any atom is -0.384 e. The van der Waals surface area contributed by atoms with Crippen molar-refractivity contribution in [3.8, 4) is 0 Å². The van der Waals surface area contributed by atoms with Crippen LogP contribution >= 0.6 is 15.9 Å². The van der Waals surface area contributed by atoms with Gasteiger partial charge in [-0.15, -0.1) is 0 Å². The zero-order chi connectivity index (χ0) is 27.1. The minimum absolute atomic E-state index is 0.134. The molecule has 8 nitrogen and oxygen atoms in total. The molecule has 36 heavy (non-hydrogen) atoms. The number of amides is 2. The van der Waals surface area contributed by atoms with Gasteiger partial charge in [-0.25, -0.2) is 4.98 Å². The van der Waals surface area contributed by atoms with E-state index in [9.17, 15) is 9.59 Å². The molecule has 0 atom stereocenters. The van der Waals surface area contributed by atoms with Gasteiger partial charge in [-0.05, 0) is 12.1 Å². The van der Waals surface area contributed by atoms with Gasteiger partial charge in [-0.3, -0.25) is 0 Å². The molecule has 6 N–H and O–H groups in total. The van der Waals surface area contributed by atoms with Crippen LogP contribution in [0, 0.1) is 0 Å². The number of nitrogen functional groups attached to an aromatic ring is 2. The van der Waals surface area contributed by atoms with Crippen LogP contribution in [0.15, 0.2) is 28.7 Å². The van der Waals surface area contributed by atoms with Crippen molar-refractivity contribution in [1.29, 1.82) is 0 Å². The first kappa shape index (κ1) is 32.1. The summed E-state index contributed by atoms with van der Waals surface area (Å²) in [6, 6.07) is 7.58. The Balaban J connectivity index is 0.000000600. The maximum absolute atomic E-state index is 11.6. The fourth-order valence-electron chi connectivity index (χ4n) is 4.22. The molecule has 0 aromatic carbocycles. The Morgan fingerprint density at radius 3 is 1.47 bits per heavy atom. The molecule has 2 heterocycles. The van der Waals surface area contributed by atoms with Gasteiger partial charge in [0.15, 0.2) is 0 Å². The van der Waals surface area contributed by atoms with Crippen molar-refractivity contribution >= 4 is 73.0 Å². The summed E-state index contributed by atoms with van der Waals surface area (Å²) in [6.45, 7) is 9.76. The summed E-state index contributed by atoms with van der Waals surface area (Å²) in [4.78, 5) is 31.4. The Morgan fingerprint density at radius 1 is 0.778 bits per heavy atom. The predicted molar refractivity (Wildman–Crippen MR) is 158 cm³/mol. The number of unbranched alkanes of at least 4 members (excludes halogenated alkanes) is 3. The van der Waals surface area contributed by atoms with Crippen molar-refractivity contribution in [3.63, 3.8) is 0 Å². The number of nitrogens with one attached hydrogen (secondary N) is 2. The molecule has 0 fully saturated rings. The van der Waals surface area contributed by atoms with Crippen LogP contribution < -0.4 is 25.7 Å². The standard InChI is InChI=1S/C9H10N3O2.C5H6BrN3.3C4H9.Sn/c1-6(13)10-8-4-3-5-9(12-8)11-7(2)14;6-3-1-4(7)9-5(8)2-3;3*1-3-4-2;/h4-5H,1-2H3,(H2,10,11,12,13,14);1-2H,(H4,7,8,9);3*1,3-4H2,2H3;. The van der Waals surface area contributed by atoms with E-state index in [0.717, 1.165) is 4.47 Å². The first-order chi connectivity index (χ1) is 17.0. The summed E-state index contributed by atoms with van der Waals surface area (Å²) >= 11 is 0.548. The van der Waals surface area contributed by atoms with E-state index in [1.165, 1.54) is 69.3 Å². The van der Waals surface area contributed by atoms with E-state index in [4.69, 9.17) is 11.5 Å².